The molecular formula is C27H24N6O3. The second kappa shape index (κ2) is 11.1. The van der Waals surface area contributed by atoms with E-state index in [-0.39, 0.29) is 35.5 Å². The molecule has 36 heavy (non-hydrogen) atoms. The van der Waals surface area contributed by atoms with E-state index >= 15 is 0 Å². The largest absolute Gasteiger partial charge is 0.382 e. The number of Topliss-reactive ketones (excluding diaryl/α,β-unsaturated/α-hetero) is 2. The molecule has 180 valence electrons. The lowest BCUT2D eigenvalue weighted by atomic mass is 10.1. The number of carbonyl (C=O) groups is 3. The summed E-state index contributed by atoms with van der Waals surface area (Å²) >= 11 is 0. The van der Waals surface area contributed by atoms with Crippen LogP contribution in [0.5, 0.6) is 0 Å². The first-order chi connectivity index (χ1) is 17.5. The number of imidazole rings is 1. The van der Waals surface area contributed by atoms with Crippen LogP contribution in [0.2, 0.25) is 0 Å². The summed E-state index contributed by atoms with van der Waals surface area (Å²) in [6.07, 6.45) is 6.42. The van der Waals surface area contributed by atoms with E-state index in [2.05, 4.69) is 32.1 Å². The Hall–Kier alpha value is -4.84. The molecule has 4 rings (SSSR count). The number of hydrogen-bond donors (Lipinski definition) is 2. The van der Waals surface area contributed by atoms with Crippen LogP contribution in [0.25, 0.3) is 16.8 Å². The number of pyridine rings is 1. The first-order valence-corrected chi connectivity index (χ1v) is 11.4. The summed E-state index contributed by atoms with van der Waals surface area (Å²) in [6, 6.07) is 12.1. The van der Waals surface area contributed by atoms with E-state index in [4.69, 9.17) is 5.73 Å². The van der Waals surface area contributed by atoms with Crippen molar-refractivity contribution >= 4 is 34.6 Å². The number of aromatic nitrogens is 4. The number of rotatable bonds is 9. The number of amides is 1. The highest BCUT2D eigenvalue weighted by molar-refractivity contribution is 6.04. The van der Waals surface area contributed by atoms with Crippen molar-refractivity contribution in [3.63, 3.8) is 0 Å². The Labute approximate surface area is 207 Å². The molecule has 1 amide bonds. The van der Waals surface area contributed by atoms with E-state index in [9.17, 15) is 14.4 Å². The fourth-order valence-electron chi connectivity index (χ4n) is 3.75. The number of hydrogen-bond acceptors (Lipinski definition) is 7. The van der Waals surface area contributed by atoms with Gasteiger partial charge in [-0.05, 0) is 50.0 Å². The fourth-order valence-corrected chi connectivity index (χ4v) is 3.75. The smallest absolute Gasteiger partial charge is 0.256 e. The lowest BCUT2D eigenvalue weighted by molar-refractivity contribution is -0.113. The van der Waals surface area contributed by atoms with Crippen molar-refractivity contribution in [2.45, 2.75) is 32.6 Å². The van der Waals surface area contributed by atoms with Crippen molar-refractivity contribution in [3.05, 3.63) is 72.4 Å². The van der Waals surface area contributed by atoms with Gasteiger partial charge in [-0.2, -0.15) is 0 Å². The third-order valence-electron chi connectivity index (χ3n) is 5.48. The lowest BCUT2D eigenvalue weighted by Gasteiger charge is -2.05. The van der Waals surface area contributed by atoms with Gasteiger partial charge in [-0.1, -0.05) is 24.1 Å². The molecule has 3 N–H and O–H groups in total. The standard InChI is InChI=1S/C27H24N6O3/c1-2-7-20(34)8-3-4-9-21(35)26-32-23(24-25(28)30-16-17-33(24)26)18-11-13-19(14-12-18)27(36)31-22-10-5-6-15-29-22/h5-6,10-17H,3-4,8-9H2,1H3,(H2,28,30)(H,29,31,36). The highest BCUT2D eigenvalue weighted by Crippen LogP contribution is 2.29. The van der Waals surface area contributed by atoms with Gasteiger partial charge in [0, 0.05) is 42.6 Å². The Morgan fingerprint density at radius 2 is 1.78 bits per heavy atom. The SMILES string of the molecule is CC#CC(=O)CCCCC(=O)c1nc(-c2ccc(C(=O)Nc3ccccn3)cc2)c2c(N)nccn12. The minimum atomic E-state index is -0.296. The van der Waals surface area contributed by atoms with Crippen molar-refractivity contribution < 1.29 is 14.4 Å². The minimum Gasteiger partial charge on any atom is -0.382 e. The summed E-state index contributed by atoms with van der Waals surface area (Å²) in [6.45, 7) is 1.62. The highest BCUT2D eigenvalue weighted by atomic mass is 16.2. The molecule has 0 spiro atoms. The van der Waals surface area contributed by atoms with E-state index in [1.54, 1.807) is 66.2 Å². The van der Waals surface area contributed by atoms with Crippen LogP contribution in [0.15, 0.2) is 61.1 Å². The van der Waals surface area contributed by atoms with Crippen molar-refractivity contribution in [2.75, 3.05) is 11.1 Å². The average Bonchev–Trinajstić information content (AvgIpc) is 3.28. The molecule has 9 nitrogen and oxygen atoms in total. The van der Waals surface area contributed by atoms with Crippen LogP contribution in [-0.2, 0) is 4.79 Å². The van der Waals surface area contributed by atoms with Crippen LogP contribution in [-0.4, -0.2) is 36.8 Å². The lowest BCUT2D eigenvalue weighted by Crippen LogP contribution is -2.12. The van der Waals surface area contributed by atoms with E-state index in [0.29, 0.717) is 47.4 Å². The number of nitrogen functional groups attached to an aromatic ring is 1. The third-order valence-corrected chi connectivity index (χ3v) is 5.48. The highest BCUT2D eigenvalue weighted by Gasteiger charge is 2.21. The molecule has 0 atom stereocenters. The normalized spacial score (nSPS) is 10.5. The van der Waals surface area contributed by atoms with Gasteiger partial charge in [0.1, 0.15) is 22.8 Å². The Kier molecular flexibility index (Phi) is 7.46. The Bertz CT molecular complexity index is 1480. The summed E-state index contributed by atoms with van der Waals surface area (Å²) < 4.78 is 1.63. The summed E-state index contributed by atoms with van der Waals surface area (Å²) in [7, 11) is 0. The molecule has 3 aromatic heterocycles. The van der Waals surface area contributed by atoms with Crippen molar-refractivity contribution in [1.82, 2.24) is 19.4 Å². The number of unbranched alkanes of at least 4 members (excludes halogenated alkanes) is 1. The van der Waals surface area contributed by atoms with E-state index in [0.717, 1.165) is 0 Å². The molecule has 0 aliphatic rings. The van der Waals surface area contributed by atoms with Gasteiger partial charge in [0.25, 0.3) is 5.91 Å². The summed E-state index contributed by atoms with van der Waals surface area (Å²) in [4.78, 5) is 50.0. The predicted molar refractivity (Wildman–Crippen MR) is 136 cm³/mol. The van der Waals surface area contributed by atoms with E-state index in [1.807, 2.05) is 0 Å². The Balaban J connectivity index is 1.55. The zero-order valence-corrected chi connectivity index (χ0v) is 19.7. The molecule has 0 fully saturated rings. The first-order valence-electron chi connectivity index (χ1n) is 11.4. The maximum absolute atomic E-state index is 13.0. The number of ketones is 2. The quantitative estimate of drug-likeness (QED) is 0.160. The van der Waals surface area contributed by atoms with Gasteiger partial charge in [-0.3, -0.25) is 18.8 Å². The number of nitrogens with two attached hydrogens (primary N) is 1. The van der Waals surface area contributed by atoms with Gasteiger partial charge >= 0.3 is 0 Å². The number of carbonyl (C=O) groups excluding carboxylic acids is 3. The molecule has 4 aromatic rings. The molecule has 0 aliphatic heterocycles. The molecule has 0 unspecified atom stereocenters. The number of anilines is 2. The van der Waals surface area contributed by atoms with Crippen molar-refractivity contribution in [1.29, 1.82) is 0 Å². The van der Waals surface area contributed by atoms with Gasteiger partial charge in [0.05, 0.1) is 0 Å². The summed E-state index contributed by atoms with van der Waals surface area (Å²) in [5.41, 5.74) is 8.29. The number of nitrogens with zero attached hydrogens (tertiary/aromatic N) is 4. The number of fused-ring (bicyclic) bond motifs is 1. The van der Waals surface area contributed by atoms with E-state index < -0.39 is 0 Å². The van der Waals surface area contributed by atoms with Crippen LogP contribution in [0.1, 0.15) is 53.6 Å². The topological polar surface area (TPSA) is 132 Å². The maximum Gasteiger partial charge on any atom is 0.256 e. The van der Waals surface area contributed by atoms with Crippen LogP contribution < -0.4 is 11.1 Å². The second-order valence-corrected chi connectivity index (χ2v) is 7.99. The molecule has 0 radical (unpaired) electrons. The molecular weight excluding hydrogens is 456 g/mol. The molecule has 3 heterocycles. The average molecular weight is 481 g/mol. The Morgan fingerprint density at radius 1 is 1.00 bits per heavy atom. The monoisotopic (exact) mass is 480 g/mol. The molecule has 0 aliphatic carbocycles. The minimum absolute atomic E-state index is 0.130. The second-order valence-electron chi connectivity index (χ2n) is 7.99. The van der Waals surface area contributed by atoms with Crippen molar-refractivity contribution in [2.24, 2.45) is 0 Å². The molecule has 9 heteroatoms. The van der Waals surface area contributed by atoms with Gasteiger partial charge < -0.3 is 11.1 Å². The number of nitrogens with one attached hydrogen (secondary N) is 1. The molecule has 1 aromatic carbocycles. The van der Waals surface area contributed by atoms with Crippen LogP contribution in [0.3, 0.4) is 0 Å². The Morgan fingerprint density at radius 3 is 2.50 bits per heavy atom. The molecule has 0 saturated heterocycles. The third kappa shape index (κ3) is 5.45. The predicted octanol–water partition coefficient (Wildman–Crippen LogP) is 3.96. The van der Waals surface area contributed by atoms with Crippen molar-refractivity contribution in [3.8, 4) is 23.1 Å². The maximum atomic E-state index is 13.0. The van der Waals surface area contributed by atoms with Crippen LogP contribution in [0, 0.1) is 11.8 Å². The van der Waals surface area contributed by atoms with Gasteiger partial charge in [0.2, 0.25) is 5.78 Å². The molecule has 0 bridgehead atoms. The summed E-state index contributed by atoms with van der Waals surface area (Å²) in [5.74, 6) is 5.43. The number of benzene rings is 1. The van der Waals surface area contributed by atoms with E-state index in [1.165, 1.54) is 6.20 Å². The zero-order chi connectivity index (χ0) is 25.5. The van der Waals surface area contributed by atoms with Gasteiger partial charge in [-0.15, -0.1) is 0 Å². The van der Waals surface area contributed by atoms with Gasteiger partial charge in [0.15, 0.2) is 11.6 Å². The van der Waals surface area contributed by atoms with Crippen LogP contribution in [0.4, 0.5) is 11.6 Å². The van der Waals surface area contributed by atoms with Gasteiger partial charge in [-0.25, -0.2) is 15.0 Å². The fraction of sp³-hybridized carbons (Fsp3) is 0.185. The zero-order valence-electron chi connectivity index (χ0n) is 19.7. The first kappa shape index (κ1) is 24.3. The van der Waals surface area contributed by atoms with Crippen LogP contribution >= 0.6 is 0 Å². The summed E-state index contributed by atoms with van der Waals surface area (Å²) in [5, 5.41) is 2.74. The molecule has 0 saturated carbocycles.